The summed E-state index contributed by atoms with van der Waals surface area (Å²) in [7, 11) is 0. The number of aromatic amines is 1. The molecule has 0 saturated heterocycles. The van der Waals surface area contributed by atoms with E-state index >= 15 is 0 Å². The van der Waals surface area contributed by atoms with Gasteiger partial charge in [-0.3, -0.25) is 4.79 Å². The summed E-state index contributed by atoms with van der Waals surface area (Å²) in [6, 6.07) is 9.93. The Labute approximate surface area is 159 Å². The van der Waals surface area contributed by atoms with Crippen LogP contribution >= 0.6 is 22.7 Å². The van der Waals surface area contributed by atoms with Crippen molar-refractivity contribution in [3.63, 3.8) is 0 Å². The van der Waals surface area contributed by atoms with Gasteiger partial charge < -0.3 is 10.3 Å². The summed E-state index contributed by atoms with van der Waals surface area (Å²) in [6.07, 6.45) is 2.53. The molecular weight excluding hydrogens is 364 g/mol. The topological polar surface area (TPSA) is 70.7 Å². The van der Waals surface area contributed by atoms with Crippen molar-refractivity contribution in [3.05, 3.63) is 57.6 Å². The molecule has 0 bridgehead atoms. The Kier molecular flexibility index (Phi) is 4.57. The molecular formula is C19H18N4OS2. The van der Waals surface area contributed by atoms with Crippen LogP contribution < -0.4 is 5.32 Å². The highest BCUT2D eigenvalue weighted by Crippen LogP contribution is 2.23. The fourth-order valence-corrected chi connectivity index (χ4v) is 4.51. The molecule has 4 rings (SSSR count). The molecule has 3 aromatic heterocycles. The first-order valence-electron chi connectivity index (χ1n) is 8.35. The van der Waals surface area contributed by atoms with E-state index in [2.05, 4.69) is 26.3 Å². The third kappa shape index (κ3) is 3.54. The summed E-state index contributed by atoms with van der Waals surface area (Å²) in [5.41, 5.74) is 3.38. The molecule has 0 unspecified atom stereocenters. The van der Waals surface area contributed by atoms with E-state index in [1.54, 1.807) is 22.7 Å². The molecule has 0 saturated carbocycles. The number of hydrogen-bond donors (Lipinski definition) is 2. The third-order valence-corrected chi connectivity index (χ3v) is 5.87. The van der Waals surface area contributed by atoms with Gasteiger partial charge in [-0.25, -0.2) is 9.97 Å². The number of benzene rings is 1. The highest BCUT2D eigenvalue weighted by molar-refractivity contribution is 7.18. The minimum absolute atomic E-state index is 0.00340. The number of amides is 1. The van der Waals surface area contributed by atoms with Crippen LogP contribution in [0.15, 0.2) is 41.9 Å². The van der Waals surface area contributed by atoms with E-state index < -0.39 is 0 Å². The van der Waals surface area contributed by atoms with E-state index in [9.17, 15) is 4.79 Å². The summed E-state index contributed by atoms with van der Waals surface area (Å²) >= 11 is 3.27. The van der Waals surface area contributed by atoms with Crippen molar-refractivity contribution in [2.45, 2.75) is 26.3 Å². The molecule has 4 aromatic rings. The molecule has 0 aliphatic carbocycles. The van der Waals surface area contributed by atoms with Crippen molar-refractivity contribution >= 4 is 38.8 Å². The quantitative estimate of drug-likeness (QED) is 0.537. The number of rotatable bonds is 5. The number of para-hydroxylation sites is 1. The van der Waals surface area contributed by atoms with Crippen molar-refractivity contribution in [1.29, 1.82) is 0 Å². The van der Waals surface area contributed by atoms with Crippen LogP contribution in [-0.4, -0.2) is 26.9 Å². The lowest BCUT2D eigenvalue weighted by Gasteiger charge is -2.11. The van der Waals surface area contributed by atoms with Crippen LogP contribution in [0.4, 0.5) is 0 Å². The number of nitrogens with zero attached hydrogens (tertiary/aromatic N) is 2. The number of thiazole rings is 2. The molecule has 1 aromatic carbocycles. The van der Waals surface area contributed by atoms with Gasteiger partial charge in [0, 0.05) is 29.6 Å². The standard InChI is InChI=1S/C19H18N4OS2/c1-11(7-18-23-14-5-3-4-6-17(14)26-18)21-19(24)15-8-13(9-20-15)16-10-25-12(2)22-16/h3-6,8-11,20H,7H2,1-2H3,(H,21,24)/t11-/m1/s1. The van der Waals surface area contributed by atoms with Gasteiger partial charge in [-0.2, -0.15) is 0 Å². The van der Waals surface area contributed by atoms with Gasteiger partial charge in [0.1, 0.15) is 5.69 Å². The molecule has 0 radical (unpaired) electrons. The minimum Gasteiger partial charge on any atom is -0.357 e. The van der Waals surface area contributed by atoms with E-state index in [1.807, 2.05) is 49.7 Å². The number of H-pyrrole nitrogens is 1. The SMILES string of the molecule is Cc1nc(-c2c[nH]c(C(=O)N[C@H](C)Cc3nc4ccccc4s3)c2)cs1. The second-order valence-corrected chi connectivity index (χ2v) is 8.39. The number of carbonyl (C=O) groups excluding carboxylic acids is 1. The molecule has 7 heteroatoms. The molecule has 132 valence electrons. The summed E-state index contributed by atoms with van der Waals surface area (Å²) in [6.45, 7) is 3.97. The van der Waals surface area contributed by atoms with Crippen LogP contribution in [0.2, 0.25) is 0 Å². The van der Waals surface area contributed by atoms with E-state index in [4.69, 9.17) is 0 Å². The Bertz CT molecular complexity index is 1030. The second kappa shape index (κ2) is 7.01. The molecule has 26 heavy (non-hydrogen) atoms. The zero-order chi connectivity index (χ0) is 18.1. The number of carbonyl (C=O) groups is 1. The van der Waals surface area contributed by atoms with Crippen molar-refractivity contribution in [2.24, 2.45) is 0 Å². The first kappa shape index (κ1) is 16.9. The van der Waals surface area contributed by atoms with E-state index in [0.717, 1.165) is 26.8 Å². The fourth-order valence-electron chi connectivity index (χ4n) is 2.79. The number of hydrogen-bond acceptors (Lipinski definition) is 5. The van der Waals surface area contributed by atoms with Crippen molar-refractivity contribution in [2.75, 3.05) is 0 Å². The molecule has 3 heterocycles. The highest BCUT2D eigenvalue weighted by Gasteiger charge is 2.15. The predicted octanol–water partition coefficient (Wildman–Crippen LogP) is 4.42. The Morgan fingerprint density at radius 2 is 2.15 bits per heavy atom. The van der Waals surface area contributed by atoms with Gasteiger partial charge in [-0.05, 0) is 32.0 Å². The number of fused-ring (bicyclic) bond motifs is 1. The zero-order valence-electron chi connectivity index (χ0n) is 14.4. The summed E-state index contributed by atoms with van der Waals surface area (Å²) in [5, 5.41) is 7.08. The Morgan fingerprint density at radius 1 is 1.31 bits per heavy atom. The fraction of sp³-hybridized carbons (Fsp3) is 0.211. The molecule has 0 aliphatic heterocycles. The maximum Gasteiger partial charge on any atom is 0.267 e. The average molecular weight is 383 g/mol. The molecule has 0 fully saturated rings. The van der Waals surface area contributed by atoms with Crippen LogP contribution in [0, 0.1) is 6.92 Å². The van der Waals surface area contributed by atoms with Crippen LogP contribution in [0.3, 0.4) is 0 Å². The summed E-state index contributed by atoms with van der Waals surface area (Å²) in [5.74, 6) is -0.114. The third-order valence-electron chi connectivity index (χ3n) is 4.04. The first-order chi connectivity index (χ1) is 12.6. The zero-order valence-corrected chi connectivity index (χ0v) is 16.1. The lowest BCUT2D eigenvalue weighted by molar-refractivity contribution is 0.0935. The molecule has 1 atom stereocenters. The lowest BCUT2D eigenvalue weighted by atomic mass is 10.2. The monoisotopic (exact) mass is 382 g/mol. The Balaban J connectivity index is 1.41. The van der Waals surface area contributed by atoms with Crippen LogP contribution in [0.25, 0.3) is 21.5 Å². The smallest absolute Gasteiger partial charge is 0.267 e. The molecule has 0 aliphatic rings. The first-order valence-corrected chi connectivity index (χ1v) is 10.0. The number of nitrogens with one attached hydrogen (secondary N) is 2. The van der Waals surface area contributed by atoms with Gasteiger partial charge in [-0.1, -0.05) is 12.1 Å². The van der Waals surface area contributed by atoms with Gasteiger partial charge in [-0.15, -0.1) is 22.7 Å². The van der Waals surface area contributed by atoms with Crippen molar-refractivity contribution < 1.29 is 4.79 Å². The minimum atomic E-state index is -0.114. The molecule has 5 nitrogen and oxygen atoms in total. The van der Waals surface area contributed by atoms with Crippen LogP contribution in [-0.2, 0) is 6.42 Å². The van der Waals surface area contributed by atoms with Crippen LogP contribution in [0.1, 0.15) is 27.4 Å². The van der Waals surface area contributed by atoms with E-state index in [-0.39, 0.29) is 11.9 Å². The van der Waals surface area contributed by atoms with E-state index in [0.29, 0.717) is 12.1 Å². The number of aromatic nitrogens is 3. The molecule has 2 N–H and O–H groups in total. The largest absolute Gasteiger partial charge is 0.357 e. The van der Waals surface area contributed by atoms with Gasteiger partial charge in [0.05, 0.1) is 25.9 Å². The molecule has 0 spiro atoms. The Hall–Kier alpha value is -2.51. The lowest BCUT2D eigenvalue weighted by Crippen LogP contribution is -2.34. The normalized spacial score (nSPS) is 12.4. The average Bonchev–Trinajstić information content (AvgIpc) is 3.32. The Morgan fingerprint density at radius 3 is 2.92 bits per heavy atom. The number of aryl methyl sites for hydroxylation is 1. The van der Waals surface area contributed by atoms with E-state index in [1.165, 1.54) is 4.70 Å². The van der Waals surface area contributed by atoms with Gasteiger partial charge in [0.15, 0.2) is 0 Å². The second-order valence-electron chi connectivity index (χ2n) is 6.21. The van der Waals surface area contributed by atoms with Gasteiger partial charge in [0.25, 0.3) is 5.91 Å². The maximum absolute atomic E-state index is 12.5. The molecule has 1 amide bonds. The van der Waals surface area contributed by atoms with Gasteiger partial charge >= 0.3 is 0 Å². The van der Waals surface area contributed by atoms with Crippen molar-refractivity contribution in [3.8, 4) is 11.3 Å². The maximum atomic E-state index is 12.5. The predicted molar refractivity (Wildman–Crippen MR) is 107 cm³/mol. The van der Waals surface area contributed by atoms with Crippen molar-refractivity contribution in [1.82, 2.24) is 20.3 Å². The highest BCUT2D eigenvalue weighted by atomic mass is 32.1. The van der Waals surface area contributed by atoms with Crippen LogP contribution in [0.5, 0.6) is 0 Å². The van der Waals surface area contributed by atoms with Gasteiger partial charge in [0.2, 0.25) is 0 Å². The summed E-state index contributed by atoms with van der Waals surface area (Å²) < 4.78 is 1.17. The summed E-state index contributed by atoms with van der Waals surface area (Å²) in [4.78, 5) is 24.6.